The largest absolute Gasteiger partial charge is 0.457 e. The monoisotopic (exact) mass is 222 g/mol. The fourth-order valence-corrected chi connectivity index (χ4v) is 2.76. The van der Waals surface area contributed by atoms with Gasteiger partial charge in [-0.25, -0.2) is 0 Å². The first-order valence-electron chi connectivity index (χ1n) is 5.22. The molecule has 0 spiro atoms. The van der Waals surface area contributed by atoms with E-state index in [0.29, 0.717) is 12.3 Å². The average Bonchev–Trinajstić information content (AvgIpc) is 2.58. The number of carbonyl (C=O) groups is 1. The molecule has 1 heterocycles. The minimum absolute atomic E-state index is 0.0417. The molecular weight excluding hydrogens is 212 g/mol. The highest BCUT2D eigenvalue weighted by atomic mass is 35.5. The zero-order valence-electron chi connectivity index (χ0n) is 8.20. The maximum atomic E-state index is 11.2. The summed E-state index contributed by atoms with van der Waals surface area (Å²) in [6.45, 7) is 0. The Morgan fingerprint density at radius 3 is 3.13 bits per heavy atom. The third kappa shape index (κ3) is 1.44. The standard InChI is InChI=1S/C12H11ClO2/c13-9-4-3-7-1-2-8-5-11(14)15-12(8)10(7)6-9/h3-4,6,8,12H,1-2,5H2/t8-,12+/m0/s1. The number of rotatable bonds is 0. The Labute approximate surface area is 93.2 Å². The lowest BCUT2D eigenvalue weighted by Gasteiger charge is -2.26. The van der Waals surface area contributed by atoms with Crippen molar-refractivity contribution in [2.75, 3.05) is 0 Å². The molecular formula is C12H11ClO2. The van der Waals surface area contributed by atoms with Gasteiger partial charge in [0.2, 0.25) is 0 Å². The summed E-state index contributed by atoms with van der Waals surface area (Å²) in [5.74, 6) is 0.293. The van der Waals surface area contributed by atoms with E-state index in [4.69, 9.17) is 16.3 Å². The number of ether oxygens (including phenoxy) is 1. The molecule has 2 nitrogen and oxygen atoms in total. The van der Waals surface area contributed by atoms with Gasteiger partial charge in [0, 0.05) is 10.9 Å². The quantitative estimate of drug-likeness (QED) is 0.631. The molecule has 78 valence electrons. The van der Waals surface area contributed by atoms with Gasteiger partial charge in [0.15, 0.2) is 0 Å². The van der Waals surface area contributed by atoms with Crippen molar-refractivity contribution in [2.45, 2.75) is 25.4 Å². The van der Waals surface area contributed by atoms with Crippen molar-refractivity contribution >= 4 is 17.6 Å². The molecule has 0 amide bonds. The van der Waals surface area contributed by atoms with E-state index in [1.54, 1.807) is 0 Å². The smallest absolute Gasteiger partial charge is 0.306 e. The third-order valence-corrected chi connectivity index (χ3v) is 3.55. The summed E-state index contributed by atoms with van der Waals surface area (Å²) in [6.07, 6.45) is 2.60. The normalized spacial score (nSPS) is 28.2. The zero-order valence-corrected chi connectivity index (χ0v) is 8.96. The van der Waals surface area contributed by atoms with Crippen molar-refractivity contribution in [1.82, 2.24) is 0 Å². The number of halogens is 1. The molecule has 1 aromatic carbocycles. The highest BCUT2D eigenvalue weighted by Crippen LogP contribution is 2.44. The first-order valence-corrected chi connectivity index (χ1v) is 5.59. The Balaban J connectivity index is 2.06. The second kappa shape index (κ2) is 3.24. The van der Waals surface area contributed by atoms with Gasteiger partial charge in [0.05, 0.1) is 6.42 Å². The van der Waals surface area contributed by atoms with Gasteiger partial charge >= 0.3 is 5.97 Å². The van der Waals surface area contributed by atoms with Gasteiger partial charge < -0.3 is 4.74 Å². The minimum Gasteiger partial charge on any atom is -0.457 e. The van der Waals surface area contributed by atoms with Crippen LogP contribution >= 0.6 is 11.6 Å². The SMILES string of the molecule is O=C1C[C@@H]2CCc3ccc(Cl)cc3[C@@H]2O1. The highest BCUT2D eigenvalue weighted by molar-refractivity contribution is 6.30. The van der Waals surface area contributed by atoms with Crippen LogP contribution < -0.4 is 0 Å². The summed E-state index contributed by atoms with van der Waals surface area (Å²) in [5.41, 5.74) is 2.39. The molecule has 2 aliphatic rings. The van der Waals surface area contributed by atoms with Gasteiger partial charge in [0.1, 0.15) is 6.10 Å². The van der Waals surface area contributed by atoms with E-state index in [1.807, 2.05) is 18.2 Å². The first kappa shape index (κ1) is 9.22. The van der Waals surface area contributed by atoms with Crippen LogP contribution in [0.4, 0.5) is 0 Å². The van der Waals surface area contributed by atoms with Crippen LogP contribution in [0.1, 0.15) is 30.1 Å². The van der Waals surface area contributed by atoms with E-state index < -0.39 is 0 Å². The number of esters is 1. The molecule has 0 N–H and O–H groups in total. The van der Waals surface area contributed by atoms with E-state index >= 15 is 0 Å². The fourth-order valence-electron chi connectivity index (χ4n) is 2.58. The molecule has 1 aromatic rings. The van der Waals surface area contributed by atoms with Crippen molar-refractivity contribution < 1.29 is 9.53 Å². The van der Waals surface area contributed by atoms with Gasteiger partial charge in [-0.3, -0.25) is 4.79 Å². The maximum Gasteiger partial charge on any atom is 0.306 e. The molecule has 2 atom stereocenters. The summed E-state index contributed by atoms with van der Waals surface area (Å²) in [6, 6.07) is 5.88. The van der Waals surface area contributed by atoms with E-state index in [9.17, 15) is 4.79 Å². The molecule has 0 radical (unpaired) electrons. The molecule has 0 unspecified atom stereocenters. The number of aryl methyl sites for hydroxylation is 1. The number of benzene rings is 1. The summed E-state index contributed by atoms with van der Waals surface area (Å²) < 4.78 is 5.35. The summed E-state index contributed by atoms with van der Waals surface area (Å²) in [4.78, 5) is 11.2. The zero-order chi connectivity index (χ0) is 10.4. The molecule has 15 heavy (non-hydrogen) atoms. The summed E-state index contributed by atoms with van der Waals surface area (Å²) >= 11 is 5.96. The topological polar surface area (TPSA) is 26.3 Å². The Morgan fingerprint density at radius 2 is 2.27 bits per heavy atom. The first-order chi connectivity index (χ1) is 7.24. The molecule has 0 aromatic heterocycles. The van der Waals surface area contributed by atoms with E-state index in [2.05, 4.69) is 0 Å². The molecule has 1 saturated heterocycles. The summed E-state index contributed by atoms with van der Waals surface area (Å²) in [5, 5.41) is 0.720. The van der Waals surface area contributed by atoms with Crippen LogP contribution in [0.2, 0.25) is 5.02 Å². The van der Waals surface area contributed by atoms with Crippen LogP contribution in [0.3, 0.4) is 0 Å². The van der Waals surface area contributed by atoms with Crippen molar-refractivity contribution in [3.05, 3.63) is 34.3 Å². The molecule has 0 saturated carbocycles. The Bertz CT molecular complexity index is 428. The van der Waals surface area contributed by atoms with Crippen LogP contribution in [-0.2, 0) is 16.0 Å². The lowest BCUT2D eigenvalue weighted by Crippen LogP contribution is -2.16. The van der Waals surface area contributed by atoms with Gasteiger partial charge in [-0.2, -0.15) is 0 Å². The lowest BCUT2D eigenvalue weighted by molar-refractivity contribution is -0.141. The number of hydrogen-bond acceptors (Lipinski definition) is 2. The molecule has 1 aliphatic heterocycles. The van der Waals surface area contributed by atoms with Crippen LogP contribution in [0.25, 0.3) is 0 Å². The van der Waals surface area contributed by atoms with Gasteiger partial charge in [0.25, 0.3) is 0 Å². The molecule has 1 fully saturated rings. The van der Waals surface area contributed by atoms with Crippen LogP contribution in [0, 0.1) is 5.92 Å². The minimum atomic E-state index is -0.0715. The van der Waals surface area contributed by atoms with Crippen molar-refractivity contribution in [3.8, 4) is 0 Å². The summed E-state index contributed by atoms with van der Waals surface area (Å²) in [7, 11) is 0. The third-order valence-electron chi connectivity index (χ3n) is 3.31. The predicted octanol–water partition coefficient (Wildman–Crippen LogP) is 2.89. The molecule has 3 heteroatoms. The van der Waals surface area contributed by atoms with E-state index in [-0.39, 0.29) is 12.1 Å². The Morgan fingerprint density at radius 1 is 1.40 bits per heavy atom. The van der Waals surface area contributed by atoms with E-state index in [0.717, 1.165) is 23.4 Å². The lowest BCUT2D eigenvalue weighted by atomic mass is 9.81. The molecule has 0 bridgehead atoms. The van der Waals surface area contributed by atoms with Crippen LogP contribution in [0.5, 0.6) is 0 Å². The van der Waals surface area contributed by atoms with Crippen LogP contribution in [-0.4, -0.2) is 5.97 Å². The second-order valence-electron chi connectivity index (χ2n) is 4.26. The van der Waals surface area contributed by atoms with Crippen LogP contribution in [0.15, 0.2) is 18.2 Å². The van der Waals surface area contributed by atoms with Gasteiger partial charge in [-0.1, -0.05) is 17.7 Å². The number of hydrogen-bond donors (Lipinski definition) is 0. The second-order valence-corrected chi connectivity index (χ2v) is 4.69. The number of fused-ring (bicyclic) bond motifs is 3. The Kier molecular flexibility index (Phi) is 1.99. The number of carbonyl (C=O) groups excluding carboxylic acids is 1. The molecule has 3 rings (SSSR count). The molecule has 1 aliphatic carbocycles. The Hall–Kier alpha value is -1.02. The van der Waals surface area contributed by atoms with Gasteiger partial charge in [-0.15, -0.1) is 0 Å². The van der Waals surface area contributed by atoms with E-state index in [1.165, 1.54) is 5.56 Å². The average molecular weight is 223 g/mol. The maximum absolute atomic E-state index is 11.2. The van der Waals surface area contributed by atoms with Crippen molar-refractivity contribution in [1.29, 1.82) is 0 Å². The van der Waals surface area contributed by atoms with Crippen molar-refractivity contribution in [2.24, 2.45) is 5.92 Å². The van der Waals surface area contributed by atoms with Gasteiger partial charge in [-0.05, 0) is 36.1 Å². The predicted molar refractivity (Wildman–Crippen MR) is 56.7 cm³/mol. The van der Waals surface area contributed by atoms with Crippen molar-refractivity contribution in [3.63, 3.8) is 0 Å². The fraction of sp³-hybridized carbons (Fsp3) is 0.417. The highest BCUT2D eigenvalue weighted by Gasteiger charge is 2.39.